The molecular formula is C58H46O6. The van der Waals surface area contributed by atoms with Crippen LogP contribution in [0.3, 0.4) is 0 Å². The molecule has 0 aliphatic carbocycles. The third kappa shape index (κ3) is 8.07. The average molecular weight is 839 g/mol. The van der Waals surface area contributed by atoms with Gasteiger partial charge < -0.3 is 18.9 Å². The number of fused-ring (bicyclic) bond motifs is 6. The summed E-state index contributed by atoms with van der Waals surface area (Å²) in [4.78, 5) is 27.2. The Morgan fingerprint density at radius 3 is 0.969 bits per heavy atom. The number of hydrogen-bond donors (Lipinski definition) is 0. The highest BCUT2D eigenvalue weighted by molar-refractivity contribution is 6.18. The van der Waals surface area contributed by atoms with Gasteiger partial charge in [-0.25, -0.2) is 9.59 Å². The first-order chi connectivity index (χ1) is 31.6. The van der Waals surface area contributed by atoms with Gasteiger partial charge in [0.25, 0.3) is 0 Å². The van der Waals surface area contributed by atoms with E-state index in [0.717, 1.165) is 87.3 Å². The van der Waals surface area contributed by atoms with Crippen molar-refractivity contribution in [2.45, 2.75) is 25.7 Å². The summed E-state index contributed by atoms with van der Waals surface area (Å²) < 4.78 is 25.1. The molecule has 0 N–H and O–H groups in total. The van der Waals surface area contributed by atoms with E-state index >= 15 is 0 Å². The van der Waals surface area contributed by atoms with Gasteiger partial charge in [0.2, 0.25) is 0 Å². The normalized spacial score (nSPS) is 11.4. The molecule has 10 aromatic rings. The molecule has 0 aromatic heterocycles. The molecule has 0 atom stereocenters. The Balaban J connectivity index is 0.825. The second kappa shape index (κ2) is 18.3. The third-order valence-corrected chi connectivity index (χ3v) is 12.0. The molecule has 0 saturated carbocycles. The van der Waals surface area contributed by atoms with Crippen molar-refractivity contribution in [3.05, 3.63) is 193 Å². The molecule has 64 heavy (non-hydrogen) atoms. The number of hydrogen-bond acceptors (Lipinski definition) is 6. The summed E-state index contributed by atoms with van der Waals surface area (Å²) >= 11 is 0. The second-order valence-corrected chi connectivity index (χ2v) is 16.1. The molecule has 0 aliphatic rings. The van der Waals surface area contributed by atoms with Gasteiger partial charge in [0.1, 0.15) is 11.5 Å². The Hall–Kier alpha value is -7.70. The average Bonchev–Trinajstić information content (AvgIpc) is 3.34. The van der Waals surface area contributed by atoms with Gasteiger partial charge in [-0.05, 0) is 115 Å². The minimum atomic E-state index is -0.315. The van der Waals surface area contributed by atoms with Crippen molar-refractivity contribution < 1.29 is 28.5 Å². The predicted octanol–water partition coefficient (Wildman–Crippen LogP) is 14.3. The van der Waals surface area contributed by atoms with Gasteiger partial charge in [0.15, 0.2) is 0 Å². The van der Waals surface area contributed by atoms with Crippen LogP contribution in [-0.4, -0.2) is 38.4 Å². The smallest absolute Gasteiger partial charge is 0.339 e. The molecule has 10 aromatic carbocycles. The first-order valence-corrected chi connectivity index (χ1v) is 22.1. The SMILES string of the molecule is O=C(OCCCCOc1ccc2ccccc2c1-c1c(OCCCCOC(=O)c2c3ccccc3cc3ccccc23)ccc2ccccc12)c1c2ccccc2cc2ccccc12. The summed E-state index contributed by atoms with van der Waals surface area (Å²) in [6.07, 6.45) is 2.67. The van der Waals surface area contributed by atoms with E-state index in [2.05, 4.69) is 60.7 Å². The monoisotopic (exact) mass is 838 g/mol. The second-order valence-electron chi connectivity index (χ2n) is 16.1. The highest BCUT2D eigenvalue weighted by Gasteiger charge is 2.21. The molecule has 0 amide bonds. The Labute approximate surface area is 371 Å². The number of benzene rings is 10. The van der Waals surface area contributed by atoms with Crippen LogP contribution in [0, 0.1) is 0 Å². The lowest BCUT2D eigenvalue weighted by atomic mass is 9.92. The summed E-state index contributed by atoms with van der Waals surface area (Å²) in [6, 6.07) is 61.0. The van der Waals surface area contributed by atoms with Gasteiger partial charge in [0.05, 0.1) is 37.6 Å². The van der Waals surface area contributed by atoms with E-state index in [1.807, 2.05) is 121 Å². The number of carbonyl (C=O) groups is 2. The standard InChI is InChI=1S/C58H46O6/c59-57(53-47-25-9-3-19-41(47)37-42-20-4-10-26-48(42)53)63-35-15-13-33-61-51-31-29-39-17-1-7-23-45(39)55(51)56-46-24-8-2-18-40(46)30-32-52(56)62-34-14-16-36-64-58(60)54-49-27-11-5-21-43(49)38-44-22-6-12-28-50(44)54/h1-12,17-32,37-38H,13-16,33-36H2. The van der Waals surface area contributed by atoms with Gasteiger partial charge in [-0.2, -0.15) is 0 Å². The van der Waals surface area contributed by atoms with Crippen molar-refractivity contribution >= 4 is 76.6 Å². The summed E-state index contributed by atoms with van der Waals surface area (Å²) in [6.45, 7) is 1.44. The molecule has 0 fully saturated rings. The van der Waals surface area contributed by atoms with Gasteiger partial charge in [-0.15, -0.1) is 0 Å². The van der Waals surface area contributed by atoms with E-state index in [0.29, 0.717) is 50.0 Å². The molecule has 314 valence electrons. The fourth-order valence-corrected chi connectivity index (χ4v) is 8.97. The maximum absolute atomic E-state index is 13.6. The zero-order valence-electron chi connectivity index (χ0n) is 35.4. The van der Waals surface area contributed by atoms with Crippen LogP contribution in [0.5, 0.6) is 11.5 Å². The number of esters is 2. The first kappa shape index (κ1) is 40.4. The van der Waals surface area contributed by atoms with Crippen molar-refractivity contribution in [3.63, 3.8) is 0 Å². The van der Waals surface area contributed by atoms with E-state index < -0.39 is 0 Å². The van der Waals surface area contributed by atoms with Gasteiger partial charge >= 0.3 is 11.9 Å². The van der Waals surface area contributed by atoms with Crippen LogP contribution in [0.15, 0.2) is 182 Å². The molecule has 0 radical (unpaired) electrons. The van der Waals surface area contributed by atoms with E-state index in [4.69, 9.17) is 18.9 Å². The molecule has 0 saturated heterocycles. The number of ether oxygens (including phenoxy) is 4. The van der Waals surface area contributed by atoms with Crippen LogP contribution in [0.1, 0.15) is 46.4 Å². The fraction of sp³-hybridized carbons (Fsp3) is 0.138. The molecule has 10 rings (SSSR count). The largest absolute Gasteiger partial charge is 0.493 e. The maximum Gasteiger partial charge on any atom is 0.339 e. The summed E-state index contributed by atoms with van der Waals surface area (Å²) in [7, 11) is 0. The maximum atomic E-state index is 13.6. The van der Waals surface area contributed by atoms with Crippen LogP contribution < -0.4 is 9.47 Å². The lowest BCUT2D eigenvalue weighted by molar-refractivity contribution is 0.0489. The minimum Gasteiger partial charge on any atom is -0.493 e. The Morgan fingerprint density at radius 2 is 0.609 bits per heavy atom. The van der Waals surface area contributed by atoms with E-state index in [1.165, 1.54) is 0 Å². The van der Waals surface area contributed by atoms with Gasteiger partial charge in [0, 0.05) is 11.1 Å². The van der Waals surface area contributed by atoms with Crippen molar-refractivity contribution in [2.24, 2.45) is 0 Å². The third-order valence-electron chi connectivity index (χ3n) is 12.0. The molecule has 6 heteroatoms. The van der Waals surface area contributed by atoms with Crippen molar-refractivity contribution in [1.82, 2.24) is 0 Å². The van der Waals surface area contributed by atoms with Crippen molar-refractivity contribution in [1.29, 1.82) is 0 Å². The number of carbonyl (C=O) groups excluding carboxylic acids is 2. The molecular weight excluding hydrogens is 793 g/mol. The molecule has 0 aliphatic heterocycles. The molecule has 0 bridgehead atoms. The number of rotatable bonds is 15. The van der Waals surface area contributed by atoms with Crippen LogP contribution in [-0.2, 0) is 9.47 Å². The Morgan fingerprint density at radius 1 is 0.312 bits per heavy atom. The quantitative estimate of drug-likeness (QED) is 0.0582. The van der Waals surface area contributed by atoms with Crippen LogP contribution in [0.2, 0.25) is 0 Å². The predicted molar refractivity (Wildman–Crippen MR) is 260 cm³/mol. The molecule has 0 spiro atoms. The summed E-state index contributed by atoms with van der Waals surface area (Å²) in [5.41, 5.74) is 3.15. The van der Waals surface area contributed by atoms with E-state index in [-0.39, 0.29) is 25.2 Å². The van der Waals surface area contributed by atoms with Gasteiger partial charge in [-0.3, -0.25) is 0 Å². The summed E-state index contributed by atoms with van der Waals surface area (Å²) in [5.74, 6) is 0.883. The first-order valence-electron chi connectivity index (χ1n) is 22.1. The lowest BCUT2D eigenvalue weighted by Gasteiger charge is -2.20. The zero-order valence-corrected chi connectivity index (χ0v) is 35.4. The van der Waals surface area contributed by atoms with Crippen LogP contribution in [0.4, 0.5) is 0 Å². The molecule has 0 heterocycles. The highest BCUT2D eigenvalue weighted by Crippen LogP contribution is 2.45. The summed E-state index contributed by atoms with van der Waals surface area (Å²) in [5, 5.41) is 11.9. The highest BCUT2D eigenvalue weighted by atomic mass is 16.5. The number of unbranched alkanes of at least 4 members (excludes halogenated alkanes) is 2. The van der Waals surface area contributed by atoms with Crippen LogP contribution >= 0.6 is 0 Å². The molecule has 0 unspecified atom stereocenters. The lowest BCUT2D eigenvalue weighted by Crippen LogP contribution is -2.09. The Bertz CT molecular complexity index is 3020. The van der Waals surface area contributed by atoms with Gasteiger partial charge in [-0.1, -0.05) is 158 Å². The van der Waals surface area contributed by atoms with E-state index in [9.17, 15) is 9.59 Å². The van der Waals surface area contributed by atoms with Crippen LogP contribution in [0.25, 0.3) is 75.8 Å². The Kier molecular flexibility index (Phi) is 11.6. The molecule has 6 nitrogen and oxygen atoms in total. The topological polar surface area (TPSA) is 71.1 Å². The minimum absolute atomic E-state index is 0.283. The zero-order chi connectivity index (χ0) is 43.2. The van der Waals surface area contributed by atoms with Crippen molar-refractivity contribution in [2.75, 3.05) is 26.4 Å². The van der Waals surface area contributed by atoms with E-state index in [1.54, 1.807) is 0 Å². The van der Waals surface area contributed by atoms with Crippen molar-refractivity contribution in [3.8, 4) is 22.6 Å². The fourth-order valence-electron chi connectivity index (χ4n) is 8.97.